The van der Waals surface area contributed by atoms with Gasteiger partial charge in [-0.25, -0.2) is 0 Å². The second-order valence-electron chi connectivity index (χ2n) is 2.41. The van der Waals surface area contributed by atoms with Crippen LogP contribution in [0, 0.1) is 0 Å². The first-order valence-electron chi connectivity index (χ1n) is 3.27. The lowest BCUT2D eigenvalue weighted by Crippen LogP contribution is -2.46. The van der Waals surface area contributed by atoms with Crippen LogP contribution in [0.3, 0.4) is 0 Å². The van der Waals surface area contributed by atoms with Crippen LogP contribution in [0.15, 0.2) is 0 Å². The van der Waals surface area contributed by atoms with Gasteiger partial charge in [0.2, 0.25) is 5.91 Å². The van der Waals surface area contributed by atoms with E-state index in [1.165, 1.54) is 11.8 Å². The SMILES string of the molecule is CC1CSC(CO)C(=O)N1. The molecule has 10 heavy (non-hydrogen) atoms. The van der Waals surface area contributed by atoms with E-state index >= 15 is 0 Å². The van der Waals surface area contributed by atoms with E-state index in [-0.39, 0.29) is 23.8 Å². The van der Waals surface area contributed by atoms with Crippen LogP contribution in [0.2, 0.25) is 0 Å². The molecule has 1 fully saturated rings. The average Bonchev–Trinajstić information content (AvgIpc) is 1.88. The quantitative estimate of drug-likeness (QED) is 0.550. The zero-order chi connectivity index (χ0) is 7.56. The fraction of sp³-hybridized carbons (Fsp3) is 0.833. The minimum atomic E-state index is -0.240. The molecule has 2 unspecified atom stereocenters. The largest absolute Gasteiger partial charge is 0.395 e. The Morgan fingerprint density at radius 1 is 1.90 bits per heavy atom. The highest BCUT2D eigenvalue weighted by atomic mass is 32.2. The zero-order valence-electron chi connectivity index (χ0n) is 5.83. The smallest absolute Gasteiger partial charge is 0.235 e. The molecule has 0 bridgehead atoms. The van der Waals surface area contributed by atoms with E-state index in [4.69, 9.17) is 5.11 Å². The minimum absolute atomic E-state index is 0.0359. The van der Waals surface area contributed by atoms with E-state index in [0.717, 1.165) is 5.75 Å². The molecule has 4 heteroatoms. The monoisotopic (exact) mass is 161 g/mol. The van der Waals surface area contributed by atoms with E-state index in [2.05, 4.69) is 5.32 Å². The molecule has 1 heterocycles. The van der Waals surface area contributed by atoms with Gasteiger partial charge in [0.05, 0.1) is 6.61 Å². The van der Waals surface area contributed by atoms with Crippen LogP contribution in [0.4, 0.5) is 0 Å². The predicted molar refractivity (Wildman–Crippen MR) is 40.9 cm³/mol. The summed E-state index contributed by atoms with van der Waals surface area (Å²) in [5.74, 6) is 0.864. The van der Waals surface area contributed by atoms with E-state index < -0.39 is 0 Å². The topological polar surface area (TPSA) is 49.3 Å². The normalized spacial score (nSPS) is 33.6. The average molecular weight is 161 g/mol. The summed E-state index contributed by atoms with van der Waals surface area (Å²) in [5, 5.41) is 11.2. The van der Waals surface area contributed by atoms with Crippen LogP contribution in [-0.2, 0) is 4.79 Å². The van der Waals surface area contributed by atoms with Crippen molar-refractivity contribution in [1.82, 2.24) is 5.32 Å². The summed E-state index contributed by atoms with van der Waals surface area (Å²) in [5.41, 5.74) is 0. The lowest BCUT2D eigenvalue weighted by Gasteiger charge is -2.24. The number of thioether (sulfide) groups is 1. The number of carbonyl (C=O) groups is 1. The van der Waals surface area contributed by atoms with Gasteiger partial charge in [0.15, 0.2) is 0 Å². The Hall–Kier alpha value is -0.220. The highest BCUT2D eigenvalue weighted by Crippen LogP contribution is 2.16. The number of hydrogen-bond donors (Lipinski definition) is 2. The molecule has 1 aliphatic heterocycles. The van der Waals surface area contributed by atoms with Crippen molar-refractivity contribution >= 4 is 17.7 Å². The number of amides is 1. The van der Waals surface area contributed by atoms with Gasteiger partial charge in [-0.1, -0.05) is 0 Å². The van der Waals surface area contributed by atoms with E-state index in [0.29, 0.717) is 0 Å². The molecule has 0 aliphatic carbocycles. The Bertz CT molecular complexity index is 140. The molecule has 58 valence electrons. The minimum Gasteiger partial charge on any atom is -0.395 e. The second kappa shape index (κ2) is 3.25. The third kappa shape index (κ3) is 1.64. The summed E-state index contributed by atoms with van der Waals surface area (Å²) in [4.78, 5) is 10.9. The highest BCUT2D eigenvalue weighted by molar-refractivity contribution is 8.00. The number of hydrogen-bond acceptors (Lipinski definition) is 3. The maximum Gasteiger partial charge on any atom is 0.235 e. The molecule has 2 N–H and O–H groups in total. The summed E-state index contributed by atoms with van der Waals surface area (Å²) < 4.78 is 0. The lowest BCUT2D eigenvalue weighted by molar-refractivity contribution is -0.121. The Kier molecular flexibility index (Phi) is 2.56. The maximum atomic E-state index is 10.9. The Labute approximate surface area is 64.2 Å². The van der Waals surface area contributed by atoms with E-state index in [1.54, 1.807) is 0 Å². The van der Waals surface area contributed by atoms with Crippen LogP contribution in [0.5, 0.6) is 0 Å². The number of rotatable bonds is 1. The summed E-state index contributed by atoms with van der Waals surface area (Å²) in [7, 11) is 0. The van der Waals surface area contributed by atoms with Gasteiger partial charge in [0.25, 0.3) is 0 Å². The number of carbonyl (C=O) groups excluding carboxylic acids is 1. The van der Waals surface area contributed by atoms with Crippen LogP contribution in [0.25, 0.3) is 0 Å². The molecule has 1 saturated heterocycles. The van der Waals surface area contributed by atoms with Gasteiger partial charge in [0, 0.05) is 11.8 Å². The Morgan fingerprint density at radius 2 is 2.60 bits per heavy atom. The first-order chi connectivity index (χ1) is 4.74. The number of aliphatic hydroxyl groups excluding tert-OH is 1. The summed E-state index contributed by atoms with van der Waals surface area (Å²) in [6.07, 6.45) is 0. The van der Waals surface area contributed by atoms with Gasteiger partial charge < -0.3 is 10.4 Å². The molecule has 0 spiro atoms. The molecule has 1 aliphatic rings. The standard InChI is InChI=1S/C6H11NO2S/c1-4-3-10-5(2-8)6(9)7-4/h4-5,8H,2-3H2,1H3,(H,7,9). The van der Waals surface area contributed by atoms with Gasteiger partial charge in [-0.3, -0.25) is 4.79 Å². The first kappa shape index (κ1) is 7.88. The predicted octanol–water partition coefficient (Wildman–Crippen LogP) is -0.401. The van der Waals surface area contributed by atoms with Gasteiger partial charge in [0.1, 0.15) is 5.25 Å². The van der Waals surface area contributed by atoms with Crippen molar-refractivity contribution in [2.45, 2.75) is 18.2 Å². The Morgan fingerprint density at radius 3 is 3.10 bits per heavy atom. The molecule has 0 saturated carbocycles. The van der Waals surface area contributed by atoms with Gasteiger partial charge >= 0.3 is 0 Å². The van der Waals surface area contributed by atoms with E-state index in [1.807, 2.05) is 6.92 Å². The van der Waals surface area contributed by atoms with Crippen molar-refractivity contribution in [2.24, 2.45) is 0 Å². The molecule has 1 rings (SSSR count). The third-order valence-electron chi connectivity index (χ3n) is 1.39. The first-order valence-corrected chi connectivity index (χ1v) is 4.31. The second-order valence-corrected chi connectivity index (χ2v) is 3.65. The maximum absolute atomic E-state index is 10.9. The lowest BCUT2D eigenvalue weighted by atomic mass is 10.3. The van der Waals surface area contributed by atoms with Gasteiger partial charge in [-0.05, 0) is 6.92 Å². The highest BCUT2D eigenvalue weighted by Gasteiger charge is 2.24. The fourth-order valence-corrected chi connectivity index (χ4v) is 1.78. The molecular formula is C6H11NO2S. The van der Waals surface area contributed by atoms with Crippen molar-refractivity contribution in [3.05, 3.63) is 0 Å². The van der Waals surface area contributed by atoms with Gasteiger partial charge in [-0.2, -0.15) is 0 Å². The van der Waals surface area contributed by atoms with Crippen molar-refractivity contribution < 1.29 is 9.90 Å². The molecular weight excluding hydrogens is 150 g/mol. The molecule has 0 aromatic heterocycles. The molecule has 0 aromatic rings. The van der Waals surface area contributed by atoms with Crippen LogP contribution in [0.1, 0.15) is 6.92 Å². The van der Waals surface area contributed by atoms with Crippen molar-refractivity contribution in [1.29, 1.82) is 0 Å². The Balaban J connectivity index is 2.43. The molecule has 0 aromatic carbocycles. The van der Waals surface area contributed by atoms with Crippen LogP contribution in [-0.4, -0.2) is 34.7 Å². The van der Waals surface area contributed by atoms with Crippen LogP contribution >= 0.6 is 11.8 Å². The fourth-order valence-electron chi connectivity index (χ4n) is 0.849. The third-order valence-corrected chi connectivity index (χ3v) is 2.85. The molecule has 1 amide bonds. The summed E-state index contributed by atoms with van der Waals surface area (Å²) >= 11 is 1.52. The molecule has 2 atom stereocenters. The van der Waals surface area contributed by atoms with Crippen LogP contribution < -0.4 is 5.32 Å². The number of aliphatic hydroxyl groups is 1. The number of nitrogens with one attached hydrogen (secondary N) is 1. The van der Waals surface area contributed by atoms with Crippen molar-refractivity contribution in [3.8, 4) is 0 Å². The van der Waals surface area contributed by atoms with Gasteiger partial charge in [-0.15, -0.1) is 11.8 Å². The van der Waals surface area contributed by atoms with Crippen molar-refractivity contribution in [2.75, 3.05) is 12.4 Å². The summed E-state index contributed by atoms with van der Waals surface area (Å²) in [6, 6.07) is 0.250. The molecule has 0 radical (unpaired) electrons. The van der Waals surface area contributed by atoms with Crippen molar-refractivity contribution in [3.63, 3.8) is 0 Å². The zero-order valence-corrected chi connectivity index (χ0v) is 6.65. The molecule has 3 nitrogen and oxygen atoms in total. The summed E-state index contributed by atoms with van der Waals surface area (Å²) in [6.45, 7) is 1.90. The van der Waals surface area contributed by atoms with E-state index in [9.17, 15) is 4.79 Å².